The maximum absolute atomic E-state index is 14.3. The van der Waals surface area contributed by atoms with Crippen LogP contribution in [0.25, 0.3) is 11.3 Å². The van der Waals surface area contributed by atoms with Gasteiger partial charge in [0.2, 0.25) is 11.8 Å². The summed E-state index contributed by atoms with van der Waals surface area (Å²) < 4.78 is 30.7. The monoisotopic (exact) mass is 812 g/mol. The number of piperazine rings is 1. The molecule has 11 nitrogen and oxygen atoms in total. The van der Waals surface area contributed by atoms with E-state index in [1.54, 1.807) is 12.1 Å². The standard InChI is InChI=1S/C46H63F2N9O2/c1-7-29(2)40(32-12-16-34(47)17-13-32)42(54-21-23-56(38(58)27-49)45(4,5)30(54)3)52-37-20-11-31(25-37)26-46(6)44-53-41(33-14-18-35(48)19-15-33)43(51-36-9-8-10-36)55(44)22-24-57(46)39(59)28-50/h12-19,29,31,36-37,40,51H,3,7-11,20-28,49-50H2,1-2,4-6H3. The van der Waals surface area contributed by atoms with Crippen molar-refractivity contribution in [1.82, 2.24) is 24.3 Å². The third-order valence-corrected chi connectivity index (χ3v) is 13.9. The van der Waals surface area contributed by atoms with Crippen molar-refractivity contribution in [3.05, 3.63) is 83.8 Å². The van der Waals surface area contributed by atoms with Crippen molar-refractivity contribution in [1.29, 1.82) is 0 Å². The Morgan fingerprint density at radius 1 is 0.915 bits per heavy atom. The third kappa shape index (κ3) is 8.16. The molecule has 3 fully saturated rings. The summed E-state index contributed by atoms with van der Waals surface area (Å²) in [4.78, 5) is 43.6. The van der Waals surface area contributed by atoms with Gasteiger partial charge in [-0.3, -0.25) is 14.6 Å². The summed E-state index contributed by atoms with van der Waals surface area (Å²) in [7, 11) is 0. The first kappa shape index (κ1) is 42.5. The number of nitrogens with two attached hydrogens (primary N) is 2. The fraction of sp³-hybridized carbons (Fsp3) is 0.565. The van der Waals surface area contributed by atoms with Gasteiger partial charge in [-0.1, -0.05) is 39.0 Å². The highest BCUT2D eigenvalue weighted by atomic mass is 19.1. The number of carbonyl (C=O) groups excluding carboxylic acids is 2. The number of hydrogen-bond donors (Lipinski definition) is 3. The molecule has 13 heteroatoms. The molecule has 5 atom stereocenters. The average Bonchev–Trinajstić information content (AvgIpc) is 3.81. The number of rotatable bonds is 12. The summed E-state index contributed by atoms with van der Waals surface area (Å²) in [6.07, 6.45) is 7.46. The molecular formula is C46H63F2N9O2. The fourth-order valence-electron chi connectivity index (χ4n) is 10.0. The fourth-order valence-corrected chi connectivity index (χ4v) is 10.0. The lowest BCUT2D eigenvalue weighted by atomic mass is 9.82. The zero-order valence-electron chi connectivity index (χ0n) is 35.5. The Balaban J connectivity index is 1.25. The molecule has 318 valence electrons. The van der Waals surface area contributed by atoms with E-state index in [0.29, 0.717) is 38.6 Å². The molecule has 7 rings (SSSR count). The minimum absolute atomic E-state index is 0.0159. The van der Waals surface area contributed by atoms with Gasteiger partial charge in [-0.05, 0) is 120 Å². The Labute approximate surface area is 348 Å². The first-order valence-electron chi connectivity index (χ1n) is 21.6. The van der Waals surface area contributed by atoms with Gasteiger partial charge in [0.05, 0.1) is 30.2 Å². The lowest BCUT2D eigenvalue weighted by molar-refractivity contribution is -0.139. The average molecular weight is 812 g/mol. The van der Waals surface area contributed by atoms with Gasteiger partial charge in [-0.15, -0.1) is 0 Å². The number of nitrogens with zero attached hydrogens (tertiary/aromatic N) is 6. The highest BCUT2D eigenvalue weighted by Crippen LogP contribution is 2.46. The molecule has 1 saturated heterocycles. The second kappa shape index (κ2) is 17.2. The number of amidine groups is 1. The maximum Gasteiger partial charge on any atom is 0.237 e. The largest absolute Gasteiger partial charge is 0.367 e. The summed E-state index contributed by atoms with van der Waals surface area (Å²) in [6.45, 7) is 17.0. The summed E-state index contributed by atoms with van der Waals surface area (Å²) >= 11 is 0. The number of benzene rings is 2. The van der Waals surface area contributed by atoms with Crippen LogP contribution in [0.3, 0.4) is 0 Å². The molecule has 2 aliphatic heterocycles. The van der Waals surface area contributed by atoms with Crippen LogP contribution in [0.5, 0.6) is 0 Å². The van der Waals surface area contributed by atoms with E-state index >= 15 is 0 Å². The third-order valence-electron chi connectivity index (χ3n) is 13.9. The van der Waals surface area contributed by atoms with E-state index in [2.05, 4.69) is 42.1 Å². The molecule has 59 heavy (non-hydrogen) atoms. The smallest absolute Gasteiger partial charge is 0.237 e. The number of aromatic nitrogens is 2. The number of amides is 2. The highest BCUT2D eigenvalue weighted by Gasteiger charge is 2.48. The lowest BCUT2D eigenvalue weighted by Gasteiger charge is -2.51. The first-order chi connectivity index (χ1) is 28.2. The molecule has 2 aromatic carbocycles. The highest BCUT2D eigenvalue weighted by molar-refractivity contribution is 5.92. The van der Waals surface area contributed by atoms with Gasteiger partial charge in [0.25, 0.3) is 0 Å². The molecule has 0 spiro atoms. The van der Waals surface area contributed by atoms with Crippen molar-refractivity contribution < 1.29 is 18.4 Å². The van der Waals surface area contributed by atoms with Crippen LogP contribution in [0, 0.1) is 23.5 Å². The number of imidazole rings is 1. The Hall–Kier alpha value is -4.62. The van der Waals surface area contributed by atoms with Crippen molar-refractivity contribution in [2.45, 2.75) is 122 Å². The Morgan fingerprint density at radius 2 is 1.54 bits per heavy atom. The van der Waals surface area contributed by atoms with Gasteiger partial charge < -0.3 is 36.1 Å². The maximum atomic E-state index is 14.3. The second-order valence-electron chi connectivity index (χ2n) is 17.9. The van der Waals surface area contributed by atoms with Gasteiger partial charge in [0.15, 0.2) is 0 Å². The number of fused-ring (bicyclic) bond motifs is 1. The summed E-state index contributed by atoms with van der Waals surface area (Å²) in [5, 5.41) is 3.78. The van der Waals surface area contributed by atoms with Crippen molar-refractivity contribution in [3.8, 4) is 11.3 Å². The Kier molecular flexibility index (Phi) is 12.4. The molecule has 4 aliphatic rings. The molecular weight excluding hydrogens is 749 g/mol. The topological polar surface area (TPSA) is 138 Å². The summed E-state index contributed by atoms with van der Waals surface area (Å²) in [5.74, 6) is 2.05. The number of carbonyl (C=O) groups is 2. The minimum atomic E-state index is -0.757. The molecule has 5 unspecified atom stereocenters. The van der Waals surface area contributed by atoms with E-state index in [0.717, 1.165) is 78.5 Å². The number of aliphatic imine (C=N–C) groups is 1. The molecule has 5 N–H and O–H groups in total. The zero-order chi connectivity index (χ0) is 42.2. The number of halogens is 2. The molecule has 2 saturated carbocycles. The van der Waals surface area contributed by atoms with E-state index < -0.39 is 11.1 Å². The van der Waals surface area contributed by atoms with Crippen LogP contribution in [0.4, 0.5) is 14.6 Å². The Bertz CT molecular complexity index is 2040. The van der Waals surface area contributed by atoms with Crippen LogP contribution in [-0.2, 0) is 21.7 Å². The van der Waals surface area contributed by atoms with Crippen molar-refractivity contribution >= 4 is 23.5 Å². The van der Waals surface area contributed by atoms with Crippen LogP contribution in [0.1, 0.15) is 103 Å². The molecule has 3 aromatic rings. The van der Waals surface area contributed by atoms with E-state index in [4.69, 9.17) is 21.4 Å². The molecule has 2 amide bonds. The number of anilines is 1. The van der Waals surface area contributed by atoms with Crippen LogP contribution >= 0.6 is 0 Å². The van der Waals surface area contributed by atoms with Crippen LogP contribution in [0.15, 0.2) is 65.8 Å². The molecule has 0 bridgehead atoms. The van der Waals surface area contributed by atoms with Gasteiger partial charge in [0.1, 0.15) is 34.8 Å². The first-order valence-corrected chi connectivity index (χ1v) is 21.6. The molecule has 3 heterocycles. The van der Waals surface area contributed by atoms with E-state index in [1.165, 1.54) is 30.7 Å². The van der Waals surface area contributed by atoms with Crippen LogP contribution in [-0.4, -0.2) is 92.2 Å². The normalized spacial score (nSPS) is 24.5. The van der Waals surface area contributed by atoms with Gasteiger partial charge in [-0.25, -0.2) is 13.8 Å². The van der Waals surface area contributed by atoms with E-state index in [1.807, 2.05) is 35.8 Å². The quantitative estimate of drug-likeness (QED) is 0.133. The van der Waals surface area contributed by atoms with Crippen LogP contribution in [0.2, 0.25) is 0 Å². The molecule has 0 radical (unpaired) electrons. The van der Waals surface area contributed by atoms with Gasteiger partial charge >= 0.3 is 0 Å². The SMILES string of the molecule is C=C1N(C(=NC2CCC(CC3(C)c4nc(-c5ccc(F)cc5)c(NC5CCC5)n4CCN3C(=O)CN)C2)C(c2ccc(F)cc2)C(C)CC)CCN(C(=O)CN)C1(C)C. The lowest BCUT2D eigenvalue weighted by Crippen LogP contribution is -2.61. The van der Waals surface area contributed by atoms with Crippen molar-refractivity contribution in [2.75, 3.05) is 38.0 Å². The van der Waals surface area contributed by atoms with Crippen LogP contribution < -0.4 is 16.8 Å². The predicted molar refractivity (Wildman–Crippen MR) is 229 cm³/mol. The summed E-state index contributed by atoms with van der Waals surface area (Å²) in [5.41, 5.74) is 13.8. The van der Waals surface area contributed by atoms with E-state index in [-0.39, 0.29) is 60.3 Å². The molecule has 1 aromatic heterocycles. The number of hydrogen-bond acceptors (Lipinski definition) is 7. The number of nitrogens with one attached hydrogen (secondary N) is 1. The summed E-state index contributed by atoms with van der Waals surface area (Å²) in [6, 6.07) is 13.6. The van der Waals surface area contributed by atoms with Crippen molar-refractivity contribution in [2.24, 2.45) is 28.3 Å². The zero-order valence-corrected chi connectivity index (χ0v) is 35.5. The Morgan fingerprint density at radius 3 is 2.15 bits per heavy atom. The van der Waals surface area contributed by atoms with Gasteiger partial charge in [0, 0.05) is 49.4 Å². The van der Waals surface area contributed by atoms with Gasteiger partial charge in [-0.2, -0.15) is 0 Å². The van der Waals surface area contributed by atoms with Crippen molar-refractivity contribution in [3.63, 3.8) is 0 Å². The second-order valence-corrected chi connectivity index (χ2v) is 17.9. The molecule has 2 aliphatic carbocycles. The minimum Gasteiger partial charge on any atom is -0.367 e. The predicted octanol–water partition coefficient (Wildman–Crippen LogP) is 6.99. The van der Waals surface area contributed by atoms with E-state index in [9.17, 15) is 18.4 Å².